The predicted molar refractivity (Wildman–Crippen MR) is 66.7 cm³/mol. The van der Waals surface area contributed by atoms with E-state index in [0.717, 1.165) is 0 Å². The molecule has 1 aromatic rings. The van der Waals surface area contributed by atoms with Crippen LogP contribution in [0.3, 0.4) is 0 Å². The summed E-state index contributed by atoms with van der Waals surface area (Å²) < 4.78 is 4.91. The van der Waals surface area contributed by atoms with Gasteiger partial charge in [0.1, 0.15) is 6.23 Å². The largest absolute Gasteiger partial charge is 0.449 e. The van der Waals surface area contributed by atoms with E-state index in [1.165, 1.54) is 4.90 Å². The van der Waals surface area contributed by atoms with E-state index in [1.807, 2.05) is 0 Å². The molecule has 5 heteroatoms. The van der Waals surface area contributed by atoms with Gasteiger partial charge in [0, 0.05) is 0 Å². The van der Waals surface area contributed by atoms with Crippen LogP contribution >= 0.6 is 0 Å². The predicted octanol–water partition coefficient (Wildman–Crippen LogP) is 1.96. The monoisotopic (exact) mass is 238 g/mol. The van der Waals surface area contributed by atoms with Crippen LogP contribution in [0.25, 0.3) is 0 Å². The average molecular weight is 238 g/mol. The second-order valence-corrected chi connectivity index (χ2v) is 3.52. The van der Waals surface area contributed by atoms with E-state index >= 15 is 0 Å². The van der Waals surface area contributed by atoms with Crippen LogP contribution in [0.5, 0.6) is 0 Å². The standard InChI is InChI=1S/C12H18N2O3/c1-3-11(15)14(12(16)17-4-2)10-8-6-5-7-9(10)13/h5-8,11,15H,3-4,13H2,1-2H3. The minimum absolute atomic E-state index is 0.249. The Balaban J connectivity index is 3.06. The van der Waals surface area contributed by atoms with Crippen molar-refractivity contribution >= 4 is 17.5 Å². The molecule has 5 nitrogen and oxygen atoms in total. The van der Waals surface area contributed by atoms with Crippen LogP contribution in [0.15, 0.2) is 24.3 Å². The van der Waals surface area contributed by atoms with Crippen molar-refractivity contribution in [3.63, 3.8) is 0 Å². The smallest absolute Gasteiger partial charge is 0.416 e. The molecule has 94 valence electrons. The third-order valence-corrected chi connectivity index (χ3v) is 2.32. The Morgan fingerprint density at radius 3 is 2.65 bits per heavy atom. The molecule has 1 rings (SSSR count). The van der Waals surface area contributed by atoms with E-state index < -0.39 is 12.3 Å². The lowest BCUT2D eigenvalue weighted by Gasteiger charge is -2.27. The Kier molecular flexibility index (Phi) is 4.78. The van der Waals surface area contributed by atoms with Crippen LogP contribution < -0.4 is 10.6 Å². The van der Waals surface area contributed by atoms with E-state index in [9.17, 15) is 9.90 Å². The molecule has 0 radical (unpaired) electrons. The van der Waals surface area contributed by atoms with Gasteiger partial charge in [-0.2, -0.15) is 0 Å². The first-order valence-electron chi connectivity index (χ1n) is 5.60. The summed E-state index contributed by atoms with van der Waals surface area (Å²) in [6.07, 6.45) is -1.15. The number of aliphatic hydroxyl groups excluding tert-OH is 1. The second kappa shape index (κ2) is 6.10. The number of ether oxygens (including phenoxy) is 1. The molecule has 0 saturated carbocycles. The van der Waals surface area contributed by atoms with Crippen LogP contribution in [0.1, 0.15) is 20.3 Å². The Morgan fingerprint density at radius 2 is 2.12 bits per heavy atom. The molecule has 17 heavy (non-hydrogen) atoms. The van der Waals surface area contributed by atoms with Crippen molar-refractivity contribution in [2.75, 3.05) is 17.2 Å². The van der Waals surface area contributed by atoms with Crippen LogP contribution in [-0.4, -0.2) is 24.0 Å². The molecule has 1 atom stereocenters. The first-order valence-corrected chi connectivity index (χ1v) is 5.60. The van der Waals surface area contributed by atoms with Gasteiger partial charge in [-0.05, 0) is 25.5 Å². The van der Waals surface area contributed by atoms with Crippen molar-refractivity contribution in [3.8, 4) is 0 Å². The number of hydrogen-bond acceptors (Lipinski definition) is 4. The molecule has 0 fully saturated rings. The molecule has 0 spiro atoms. The first-order chi connectivity index (χ1) is 8.11. The zero-order valence-electron chi connectivity index (χ0n) is 10.1. The van der Waals surface area contributed by atoms with Crippen molar-refractivity contribution in [2.45, 2.75) is 26.5 Å². The van der Waals surface area contributed by atoms with Crippen molar-refractivity contribution in [3.05, 3.63) is 24.3 Å². The quantitative estimate of drug-likeness (QED) is 0.621. The van der Waals surface area contributed by atoms with Gasteiger partial charge < -0.3 is 15.6 Å². The SMILES string of the molecule is CCOC(=O)N(c1ccccc1N)C(O)CC. The number of nitrogens with two attached hydrogens (primary N) is 1. The summed E-state index contributed by atoms with van der Waals surface area (Å²) in [6, 6.07) is 6.86. The van der Waals surface area contributed by atoms with Gasteiger partial charge in [0.05, 0.1) is 18.0 Å². The molecule has 0 saturated heterocycles. The molecular formula is C12H18N2O3. The molecule has 0 bridgehead atoms. The number of hydrogen-bond donors (Lipinski definition) is 2. The second-order valence-electron chi connectivity index (χ2n) is 3.52. The van der Waals surface area contributed by atoms with Crippen molar-refractivity contribution < 1.29 is 14.6 Å². The lowest BCUT2D eigenvalue weighted by atomic mass is 10.2. The molecule has 1 amide bonds. The Labute approximate surface area is 101 Å². The van der Waals surface area contributed by atoms with Gasteiger partial charge in [-0.3, -0.25) is 0 Å². The molecule has 0 aliphatic carbocycles. The number of anilines is 2. The minimum Gasteiger partial charge on any atom is -0.449 e. The number of nitrogen functional groups attached to an aromatic ring is 1. The van der Waals surface area contributed by atoms with Crippen LogP contribution in [0.4, 0.5) is 16.2 Å². The number of rotatable bonds is 4. The van der Waals surface area contributed by atoms with Crippen molar-refractivity contribution in [2.24, 2.45) is 0 Å². The number of para-hydroxylation sites is 2. The number of nitrogens with zero attached hydrogens (tertiary/aromatic N) is 1. The van der Waals surface area contributed by atoms with E-state index in [4.69, 9.17) is 10.5 Å². The maximum Gasteiger partial charge on any atom is 0.416 e. The zero-order valence-corrected chi connectivity index (χ0v) is 10.1. The summed E-state index contributed by atoms with van der Waals surface area (Å²) in [5, 5.41) is 9.86. The summed E-state index contributed by atoms with van der Waals surface area (Å²) in [5.41, 5.74) is 6.67. The lowest BCUT2D eigenvalue weighted by molar-refractivity contribution is 0.123. The zero-order chi connectivity index (χ0) is 12.8. The Morgan fingerprint density at radius 1 is 1.47 bits per heavy atom. The Bertz CT molecular complexity index is 382. The Hall–Kier alpha value is -1.75. The fourth-order valence-electron chi connectivity index (χ4n) is 1.46. The topological polar surface area (TPSA) is 75.8 Å². The number of carbonyl (C=O) groups excluding carboxylic acids is 1. The normalized spacial score (nSPS) is 11.9. The van der Waals surface area contributed by atoms with Gasteiger partial charge in [-0.25, -0.2) is 9.69 Å². The first kappa shape index (κ1) is 13.3. The summed E-state index contributed by atoms with van der Waals surface area (Å²) in [5.74, 6) is 0. The number of benzene rings is 1. The van der Waals surface area contributed by atoms with Gasteiger partial charge >= 0.3 is 6.09 Å². The highest BCUT2D eigenvalue weighted by Crippen LogP contribution is 2.25. The summed E-state index contributed by atoms with van der Waals surface area (Å²) in [6.45, 7) is 3.73. The molecular weight excluding hydrogens is 220 g/mol. The average Bonchev–Trinajstić information content (AvgIpc) is 2.32. The van der Waals surface area contributed by atoms with Gasteiger partial charge in [-0.15, -0.1) is 0 Å². The summed E-state index contributed by atoms with van der Waals surface area (Å²) in [4.78, 5) is 12.9. The molecule has 0 aromatic heterocycles. The molecule has 1 aromatic carbocycles. The molecule has 3 N–H and O–H groups in total. The van der Waals surface area contributed by atoms with Crippen LogP contribution in [0, 0.1) is 0 Å². The summed E-state index contributed by atoms with van der Waals surface area (Å²) in [7, 11) is 0. The highest BCUT2D eigenvalue weighted by molar-refractivity contribution is 5.91. The van der Waals surface area contributed by atoms with E-state index in [0.29, 0.717) is 17.8 Å². The third-order valence-electron chi connectivity index (χ3n) is 2.32. The maximum absolute atomic E-state index is 11.8. The van der Waals surface area contributed by atoms with Crippen LogP contribution in [0.2, 0.25) is 0 Å². The molecule has 1 unspecified atom stereocenters. The van der Waals surface area contributed by atoms with Crippen molar-refractivity contribution in [1.82, 2.24) is 0 Å². The number of carbonyl (C=O) groups is 1. The number of aliphatic hydroxyl groups is 1. The lowest BCUT2D eigenvalue weighted by Crippen LogP contribution is -2.41. The molecule has 0 aliphatic heterocycles. The fraction of sp³-hybridized carbons (Fsp3) is 0.417. The minimum atomic E-state index is -0.946. The van der Waals surface area contributed by atoms with Crippen LogP contribution in [-0.2, 0) is 4.74 Å². The highest BCUT2D eigenvalue weighted by atomic mass is 16.6. The fourth-order valence-corrected chi connectivity index (χ4v) is 1.46. The maximum atomic E-state index is 11.8. The van der Waals surface area contributed by atoms with E-state index in [1.54, 1.807) is 38.1 Å². The molecule has 0 heterocycles. The van der Waals surface area contributed by atoms with Crippen molar-refractivity contribution in [1.29, 1.82) is 0 Å². The van der Waals surface area contributed by atoms with Gasteiger partial charge in [-0.1, -0.05) is 19.1 Å². The van der Waals surface area contributed by atoms with E-state index in [2.05, 4.69) is 0 Å². The van der Waals surface area contributed by atoms with Gasteiger partial charge in [0.25, 0.3) is 0 Å². The summed E-state index contributed by atoms with van der Waals surface area (Å²) >= 11 is 0. The highest BCUT2D eigenvalue weighted by Gasteiger charge is 2.24. The van der Waals surface area contributed by atoms with Gasteiger partial charge in [0.2, 0.25) is 0 Å². The van der Waals surface area contributed by atoms with E-state index in [-0.39, 0.29) is 6.61 Å². The van der Waals surface area contributed by atoms with Gasteiger partial charge in [0.15, 0.2) is 0 Å². The number of amides is 1. The molecule has 0 aliphatic rings. The third kappa shape index (κ3) is 3.10.